The molecule has 0 aromatic heterocycles. The number of hydrogen-bond acceptors (Lipinski definition) is 3. The van der Waals surface area contributed by atoms with Crippen molar-refractivity contribution in [3.05, 3.63) is 29.8 Å². The lowest BCUT2D eigenvalue weighted by Crippen LogP contribution is -2.43. The Kier molecular flexibility index (Phi) is 3.19. The summed E-state index contributed by atoms with van der Waals surface area (Å²) in [6.07, 6.45) is 3.22. The van der Waals surface area contributed by atoms with Gasteiger partial charge in [0.15, 0.2) is 0 Å². The number of para-hydroxylation sites is 1. The maximum atomic E-state index is 11.4. The highest BCUT2D eigenvalue weighted by molar-refractivity contribution is 5.72. The van der Waals surface area contributed by atoms with Crippen molar-refractivity contribution in [2.75, 3.05) is 0 Å². The van der Waals surface area contributed by atoms with Gasteiger partial charge in [-0.1, -0.05) is 18.2 Å². The molecule has 1 aromatic carbocycles. The Bertz CT molecular complexity index is 488. The summed E-state index contributed by atoms with van der Waals surface area (Å²) in [5, 5.41) is 22.5. The fraction of sp³-hybridized carbons (Fsp3) is 0.533. The van der Waals surface area contributed by atoms with Crippen LogP contribution in [-0.2, 0) is 11.3 Å². The smallest absolute Gasteiger partial charge is 0.308 e. The molecule has 2 aliphatic rings. The molecule has 0 heterocycles. The number of carboxylic acids is 1. The number of phenolic OH excluding ortho intramolecular Hbond substituents is 1. The third-order valence-corrected chi connectivity index (χ3v) is 4.72. The lowest BCUT2D eigenvalue weighted by Gasteiger charge is -2.29. The van der Waals surface area contributed by atoms with E-state index in [1.807, 2.05) is 12.1 Å². The van der Waals surface area contributed by atoms with Gasteiger partial charge in [0.05, 0.1) is 5.92 Å². The first-order chi connectivity index (χ1) is 9.16. The number of benzene rings is 1. The van der Waals surface area contributed by atoms with Crippen LogP contribution in [0.5, 0.6) is 5.75 Å². The number of fused-ring (bicyclic) bond motifs is 2. The molecular formula is C15H19NO3. The fourth-order valence-electron chi connectivity index (χ4n) is 3.83. The van der Waals surface area contributed by atoms with Crippen molar-refractivity contribution in [3.8, 4) is 5.75 Å². The first-order valence-electron chi connectivity index (χ1n) is 6.90. The molecule has 4 nitrogen and oxygen atoms in total. The van der Waals surface area contributed by atoms with E-state index in [0.29, 0.717) is 18.4 Å². The predicted molar refractivity (Wildman–Crippen MR) is 70.7 cm³/mol. The molecule has 1 aromatic rings. The summed E-state index contributed by atoms with van der Waals surface area (Å²) in [4.78, 5) is 11.4. The van der Waals surface area contributed by atoms with Crippen LogP contribution in [0.3, 0.4) is 0 Å². The number of nitrogens with one attached hydrogen (secondary N) is 1. The van der Waals surface area contributed by atoms with E-state index in [4.69, 9.17) is 0 Å². The van der Waals surface area contributed by atoms with E-state index in [2.05, 4.69) is 5.32 Å². The highest BCUT2D eigenvalue weighted by Crippen LogP contribution is 2.48. The molecule has 0 saturated heterocycles. The van der Waals surface area contributed by atoms with Crippen LogP contribution in [0.1, 0.15) is 24.8 Å². The largest absolute Gasteiger partial charge is 0.508 e. The van der Waals surface area contributed by atoms with Crippen molar-refractivity contribution in [1.82, 2.24) is 5.32 Å². The van der Waals surface area contributed by atoms with E-state index in [9.17, 15) is 15.0 Å². The van der Waals surface area contributed by atoms with Crippen LogP contribution in [0.15, 0.2) is 24.3 Å². The summed E-state index contributed by atoms with van der Waals surface area (Å²) in [5.41, 5.74) is 0.828. The molecule has 2 fully saturated rings. The summed E-state index contributed by atoms with van der Waals surface area (Å²) in [6.45, 7) is 0.532. The average Bonchev–Trinajstić information content (AvgIpc) is 2.98. The summed E-state index contributed by atoms with van der Waals surface area (Å²) in [5.74, 6) is 0.151. The van der Waals surface area contributed by atoms with Gasteiger partial charge in [0.2, 0.25) is 0 Å². The van der Waals surface area contributed by atoms with Gasteiger partial charge in [-0.15, -0.1) is 0 Å². The summed E-state index contributed by atoms with van der Waals surface area (Å²) >= 11 is 0. The molecular weight excluding hydrogens is 242 g/mol. The van der Waals surface area contributed by atoms with E-state index in [1.165, 1.54) is 0 Å². The van der Waals surface area contributed by atoms with Crippen molar-refractivity contribution < 1.29 is 15.0 Å². The maximum absolute atomic E-state index is 11.4. The van der Waals surface area contributed by atoms with Crippen LogP contribution >= 0.6 is 0 Å². The number of aliphatic carboxylic acids is 1. The van der Waals surface area contributed by atoms with Gasteiger partial charge in [-0.25, -0.2) is 0 Å². The average molecular weight is 261 g/mol. The Balaban J connectivity index is 1.69. The second-order valence-electron chi connectivity index (χ2n) is 5.73. The van der Waals surface area contributed by atoms with Crippen LogP contribution in [0.4, 0.5) is 0 Å². The molecule has 0 radical (unpaired) electrons. The minimum Gasteiger partial charge on any atom is -0.508 e. The first-order valence-corrected chi connectivity index (χ1v) is 6.90. The number of hydrogen-bond donors (Lipinski definition) is 3. The van der Waals surface area contributed by atoms with Gasteiger partial charge in [-0.2, -0.15) is 0 Å². The van der Waals surface area contributed by atoms with Gasteiger partial charge in [0.25, 0.3) is 0 Å². The van der Waals surface area contributed by atoms with Crippen molar-refractivity contribution in [2.45, 2.75) is 31.8 Å². The van der Waals surface area contributed by atoms with Crippen molar-refractivity contribution in [1.29, 1.82) is 0 Å². The van der Waals surface area contributed by atoms with E-state index in [0.717, 1.165) is 24.8 Å². The second kappa shape index (κ2) is 4.85. The molecule has 0 amide bonds. The normalized spacial score (nSPS) is 32.6. The van der Waals surface area contributed by atoms with Crippen LogP contribution in [-0.4, -0.2) is 22.2 Å². The highest BCUT2D eigenvalue weighted by Gasteiger charge is 2.50. The predicted octanol–water partition coefficient (Wildman–Crippen LogP) is 1.98. The van der Waals surface area contributed by atoms with Gasteiger partial charge >= 0.3 is 5.97 Å². The maximum Gasteiger partial charge on any atom is 0.308 e. The zero-order chi connectivity index (χ0) is 13.4. The molecule has 0 spiro atoms. The Morgan fingerprint density at radius 3 is 2.74 bits per heavy atom. The van der Waals surface area contributed by atoms with E-state index in [1.54, 1.807) is 12.1 Å². The molecule has 4 atom stereocenters. The third kappa shape index (κ3) is 2.21. The summed E-state index contributed by atoms with van der Waals surface area (Å²) < 4.78 is 0. The third-order valence-electron chi connectivity index (χ3n) is 4.72. The van der Waals surface area contributed by atoms with Gasteiger partial charge in [-0.3, -0.25) is 4.79 Å². The number of phenols is 1. The lowest BCUT2D eigenvalue weighted by atomic mass is 9.84. The van der Waals surface area contributed by atoms with E-state index < -0.39 is 5.97 Å². The molecule has 19 heavy (non-hydrogen) atoms. The molecule has 3 rings (SSSR count). The number of carbonyl (C=O) groups is 1. The van der Waals surface area contributed by atoms with Gasteiger partial charge in [-0.05, 0) is 37.2 Å². The van der Waals surface area contributed by atoms with Gasteiger partial charge in [0.1, 0.15) is 5.75 Å². The minimum absolute atomic E-state index is 0.0517. The molecule has 4 heteroatoms. The minimum atomic E-state index is -0.679. The Morgan fingerprint density at radius 2 is 2.00 bits per heavy atom. The summed E-state index contributed by atoms with van der Waals surface area (Å²) in [6, 6.07) is 7.25. The number of aromatic hydroxyl groups is 1. The molecule has 2 saturated carbocycles. The standard InChI is InChI=1S/C15H19NO3/c17-12-4-2-1-3-11(12)8-16-14-10-6-5-9(7-10)13(14)15(18)19/h1-4,9-10,13-14,16-17H,5-8H2,(H,18,19). The topological polar surface area (TPSA) is 69.6 Å². The van der Waals surface area contributed by atoms with Crippen LogP contribution < -0.4 is 5.32 Å². The Morgan fingerprint density at radius 1 is 1.26 bits per heavy atom. The molecule has 2 aliphatic carbocycles. The quantitative estimate of drug-likeness (QED) is 0.775. The Labute approximate surface area is 112 Å². The van der Waals surface area contributed by atoms with Gasteiger partial charge < -0.3 is 15.5 Å². The zero-order valence-corrected chi connectivity index (χ0v) is 10.7. The second-order valence-corrected chi connectivity index (χ2v) is 5.73. The number of rotatable bonds is 4. The molecule has 102 valence electrons. The van der Waals surface area contributed by atoms with Crippen molar-refractivity contribution in [2.24, 2.45) is 17.8 Å². The highest BCUT2D eigenvalue weighted by atomic mass is 16.4. The first kappa shape index (κ1) is 12.5. The van der Waals surface area contributed by atoms with Gasteiger partial charge in [0, 0.05) is 18.2 Å². The SMILES string of the molecule is O=C(O)C1C2CCC(C2)C1NCc1ccccc1O. The lowest BCUT2D eigenvalue weighted by molar-refractivity contribution is -0.144. The number of carboxylic acid groups (broad SMARTS) is 1. The Hall–Kier alpha value is -1.55. The van der Waals surface area contributed by atoms with E-state index >= 15 is 0 Å². The van der Waals surface area contributed by atoms with Crippen molar-refractivity contribution in [3.63, 3.8) is 0 Å². The fourth-order valence-corrected chi connectivity index (χ4v) is 3.83. The van der Waals surface area contributed by atoms with Crippen LogP contribution in [0, 0.1) is 17.8 Å². The molecule has 2 bridgehead atoms. The molecule has 4 unspecified atom stereocenters. The molecule has 0 aliphatic heterocycles. The van der Waals surface area contributed by atoms with Crippen LogP contribution in [0.2, 0.25) is 0 Å². The zero-order valence-electron chi connectivity index (χ0n) is 10.7. The van der Waals surface area contributed by atoms with Crippen molar-refractivity contribution >= 4 is 5.97 Å². The van der Waals surface area contributed by atoms with Crippen LogP contribution in [0.25, 0.3) is 0 Å². The van der Waals surface area contributed by atoms with E-state index in [-0.39, 0.29) is 17.7 Å². The monoisotopic (exact) mass is 261 g/mol. The molecule has 3 N–H and O–H groups in total. The summed E-state index contributed by atoms with van der Waals surface area (Å²) in [7, 11) is 0.